The average Bonchev–Trinajstić information content (AvgIpc) is 3.32. The van der Waals surface area contributed by atoms with Crippen LogP contribution in [-0.4, -0.2) is 20.3 Å². The molecule has 0 radical (unpaired) electrons. The lowest BCUT2D eigenvalue weighted by molar-refractivity contribution is 0.101. The van der Waals surface area contributed by atoms with E-state index in [9.17, 15) is 9.18 Å². The van der Waals surface area contributed by atoms with Gasteiger partial charge in [-0.25, -0.2) is 4.39 Å². The number of nitrogens with zero attached hydrogens (tertiary/aromatic N) is 3. The fourth-order valence-electron chi connectivity index (χ4n) is 2.95. The van der Waals surface area contributed by atoms with E-state index in [0.29, 0.717) is 23.5 Å². The van der Waals surface area contributed by atoms with E-state index in [1.807, 2.05) is 17.6 Å². The van der Waals surface area contributed by atoms with E-state index >= 15 is 0 Å². The van der Waals surface area contributed by atoms with Crippen molar-refractivity contribution >= 4 is 22.7 Å². The van der Waals surface area contributed by atoms with Crippen LogP contribution in [0.25, 0.3) is 11.1 Å². The highest BCUT2D eigenvalue weighted by Crippen LogP contribution is 2.23. The van der Waals surface area contributed by atoms with Gasteiger partial charge in [-0.05, 0) is 24.6 Å². The van der Waals surface area contributed by atoms with Crippen LogP contribution >= 0.6 is 0 Å². The summed E-state index contributed by atoms with van der Waals surface area (Å²) in [7, 11) is 0. The summed E-state index contributed by atoms with van der Waals surface area (Å²) in [4.78, 5) is 12.8. The fraction of sp³-hybridized carbons (Fsp3) is 0.158. The van der Waals surface area contributed by atoms with Gasteiger partial charge in [-0.15, -0.1) is 0 Å². The largest absolute Gasteiger partial charge is 0.463 e. The number of benzene rings is 1. The number of aryl methyl sites for hydroxylation is 1. The van der Waals surface area contributed by atoms with Gasteiger partial charge in [0.1, 0.15) is 11.5 Å². The number of rotatable bonds is 5. The van der Waals surface area contributed by atoms with Crippen molar-refractivity contribution in [3.63, 3.8) is 0 Å². The molecule has 0 aliphatic heterocycles. The molecule has 0 aliphatic rings. The lowest BCUT2D eigenvalue weighted by atomic mass is 10.2. The molecule has 4 aromatic rings. The molecule has 0 saturated heterocycles. The number of carbonyl (C=O) groups is 1. The Morgan fingerprint density at radius 3 is 2.96 bits per heavy atom. The Kier molecular flexibility index (Phi) is 4.04. The molecule has 1 N–H and O–H groups in total. The van der Waals surface area contributed by atoms with Gasteiger partial charge < -0.3 is 14.3 Å². The first kappa shape index (κ1) is 16.1. The van der Waals surface area contributed by atoms with Gasteiger partial charge >= 0.3 is 0 Å². The third kappa shape index (κ3) is 2.99. The Labute approximate surface area is 148 Å². The summed E-state index contributed by atoms with van der Waals surface area (Å²) in [5.74, 6) is -0.584. The summed E-state index contributed by atoms with van der Waals surface area (Å²) in [6.45, 7) is 3.05. The molecule has 26 heavy (non-hydrogen) atoms. The molecule has 0 atom stereocenters. The first-order valence-electron chi connectivity index (χ1n) is 8.29. The number of fused-ring (bicyclic) bond motifs is 1. The molecule has 0 unspecified atom stereocenters. The Morgan fingerprint density at radius 1 is 1.31 bits per heavy atom. The average molecular weight is 352 g/mol. The summed E-state index contributed by atoms with van der Waals surface area (Å²) in [5.41, 5.74) is 3.20. The number of anilines is 1. The summed E-state index contributed by atoms with van der Waals surface area (Å²) < 4.78 is 22.5. The van der Waals surface area contributed by atoms with E-state index in [1.165, 1.54) is 12.1 Å². The first-order valence-corrected chi connectivity index (χ1v) is 8.29. The second-order valence-electron chi connectivity index (χ2n) is 5.95. The maximum atomic E-state index is 13.5. The van der Waals surface area contributed by atoms with E-state index in [-0.39, 0.29) is 11.7 Å². The summed E-state index contributed by atoms with van der Waals surface area (Å²) in [6, 6.07) is 9.81. The van der Waals surface area contributed by atoms with Crippen LogP contribution in [0.4, 0.5) is 10.1 Å². The van der Waals surface area contributed by atoms with E-state index in [1.54, 1.807) is 41.5 Å². The molecule has 4 rings (SSSR count). The van der Waals surface area contributed by atoms with Crippen LogP contribution in [0.5, 0.6) is 0 Å². The Morgan fingerprint density at radius 2 is 2.19 bits per heavy atom. The molecule has 3 heterocycles. The van der Waals surface area contributed by atoms with Crippen LogP contribution in [-0.2, 0) is 13.1 Å². The number of amides is 1. The highest BCUT2D eigenvalue weighted by atomic mass is 19.1. The quantitative estimate of drug-likeness (QED) is 0.593. The van der Waals surface area contributed by atoms with Crippen molar-refractivity contribution in [2.24, 2.45) is 0 Å². The normalized spacial score (nSPS) is 11.2. The Bertz CT molecular complexity index is 1080. The van der Waals surface area contributed by atoms with Crippen LogP contribution < -0.4 is 5.32 Å². The van der Waals surface area contributed by atoms with Crippen LogP contribution in [0.1, 0.15) is 23.0 Å². The second-order valence-corrected chi connectivity index (χ2v) is 5.95. The molecule has 0 fully saturated rings. The van der Waals surface area contributed by atoms with Gasteiger partial charge in [0.2, 0.25) is 0 Å². The summed E-state index contributed by atoms with van der Waals surface area (Å²) in [6.07, 6.45) is 4.94. The summed E-state index contributed by atoms with van der Waals surface area (Å²) >= 11 is 0. The van der Waals surface area contributed by atoms with Gasteiger partial charge in [-0.2, -0.15) is 5.10 Å². The van der Waals surface area contributed by atoms with Crippen molar-refractivity contribution in [3.05, 3.63) is 72.1 Å². The molecule has 0 saturated carbocycles. The van der Waals surface area contributed by atoms with Gasteiger partial charge in [-0.3, -0.25) is 9.48 Å². The number of nitrogens with one attached hydrogen (secondary N) is 1. The van der Waals surface area contributed by atoms with Crippen molar-refractivity contribution in [2.45, 2.75) is 20.0 Å². The highest BCUT2D eigenvalue weighted by Gasteiger charge is 2.18. The summed E-state index contributed by atoms with van der Waals surface area (Å²) in [5, 5.41) is 6.99. The SMILES string of the molecule is CCn1cc(NC(=O)c2cc3occc3n2Cc2cccc(F)c2)cn1. The minimum absolute atomic E-state index is 0.275. The number of halogens is 1. The topological polar surface area (TPSA) is 65.0 Å². The number of hydrogen-bond donors (Lipinski definition) is 1. The van der Waals surface area contributed by atoms with Crippen molar-refractivity contribution in [2.75, 3.05) is 5.32 Å². The van der Waals surface area contributed by atoms with E-state index in [4.69, 9.17) is 4.42 Å². The fourth-order valence-corrected chi connectivity index (χ4v) is 2.95. The van der Waals surface area contributed by atoms with E-state index < -0.39 is 0 Å². The molecule has 7 heteroatoms. The predicted octanol–water partition coefficient (Wildman–Crippen LogP) is 3.89. The second kappa shape index (κ2) is 6.51. The van der Waals surface area contributed by atoms with Crippen LogP contribution in [0.15, 0.2) is 59.5 Å². The monoisotopic (exact) mass is 352 g/mol. The number of carbonyl (C=O) groups excluding carboxylic acids is 1. The molecule has 0 bridgehead atoms. The maximum Gasteiger partial charge on any atom is 0.272 e. The maximum absolute atomic E-state index is 13.5. The standard InChI is InChI=1S/C19H17FN4O2/c1-2-23-12-15(10-21-23)22-19(25)17-9-18-16(6-7-26-18)24(17)11-13-4-3-5-14(20)8-13/h3-10,12H,2,11H2,1H3,(H,22,25). The minimum Gasteiger partial charge on any atom is -0.463 e. The van der Waals surface area contributed by atoms with Gasteiger partial charge in [0, 0.05) is 31.4 Å². The molecule has 1 amide bonds. The number of aromatic nitrogens is 3. The predicted molar refractivity (Wildman–Crippen MR) is 95.6 cm³/mol. The third-order valence-corrected chi connectivity index (χ3v) is 4.20. The van der Waals surface area contributed by atoms with E-state index in [0.717, 1.165) is 17.6 Å². The zero-order chi connectivity index (χ0) is 18.1. The lowest BCUT2D eigenvalue weighted by Gasteiger charge is -2.10. The van der Waals surface area contributed by atoms with Crippen molar-refractivity contribution in [1.29, 1.82) is 0 Å². The Balaban J connectivity index is 1.67. The molecule has 0 spiro atoms. The first-order chi connectivity index (χ1) is 12.6. The zero-order valence-electron chi connectivity index (χ0n) is 14.1. The molecule has 1 aromatic carbocycles. The molecular formula is C19H17FN4O2. The van der Waals surface area contributed by atoms with Crippen molar-refractivity contribution in [1.82, 2.24) is 14.3 Å². The molecule has 132 valence electrons. The van der Waals surface area contributed by atoms with Gasteiger partial charge in [0.25, 0.3) is 5.91 Å². The smallest absolute Gasteiger partial charge is 0.272 e. The van der Waals surface area contributed by atoms with Gasteiger partial charge in [0.15, 0.2) is 5.58 Å². The molecule has 6 nitrogen and oxygen atoms in total. The minimum atomic E-state index is -0.309. The molecule has 3 aromatic heterocycles. The van der Waals surface area contributed by atoms with Crippen LogP contribution in [0.3, 0.4) is 0 Å². The number of furan rings is 1. The van der Waals surface area contributed by atoms with Gasteiger partial charge in [-0.1, -0.05) is 12.1 Å². The Hall–Kier alpha value is -3.35. The third-order valence-electron chi connectivity index (χ3n) is 4.20. The van der Waals surface area contributed by atoms with Crippen molar-refractivity contribution < 1.29 is 13.6 Å². The zero-order valence-corrected chi connectivity index (χ0v) is 14.1. The number of hydrogen-bond acceptors (Lipinski definition) is 3. The van der Waals surface area contributed by atoms with Crippen molar-refractivity contribution in [3.8, 4) is 0 Å². The molecular weight excluding hydrogens is 335 g/mol. The lowest BCUT2D eigenvalue weighted by Crippen LogP contribution is -2.17. The van der Waals surface area contributed by atoms with Crippen LogP contribution in [0, 0.1) is 5.82 Å². The van der Waals surface area contributed by atoms with Gasteiger partial charge in [0.05, 0.1) is 23.7 Å². The van der Waals surface area contributed by atoms with Crippen LogP contribution in [0.2, 0.25) is 0 Å². The van der Waals surface area contributed by atoms with E-state index in [2.05, 4.69) is 10.4 Å². The highest BCUT2D eigenvalue weighted by molar-refractivity contribution is 6.05. The molecule has 0 aliphatic carbocycles.